The molecule has 0 N–H and O–H groups in total. The Balaban J connectivity index is 2.76. The van der Waals surface area contributed by atoms with E-state index in [2.05, 4.69) is 4.98 Å². The Morgan fingerprint density at radius 1 is 1.82 bits per heavy atom. The molecule has 0 unspecified atom stereocenters. The summed E-state index contributed by atoms with van der Waals surface area (Å²) in [5, 5.41) is 0. The molecular formula is C7H9ClN2O. The first-order chi connectivity index (χ1) is 5.25. The van der Waals surface area contributed by atoms with Gasteiger partial charge in [-0.2, -0.15) is 0 Å². The van der Waals surface area contributed by atoms with Crippen molar-refractivity contribution in [2.24, 2.45) is 0 Å². The van der Waals surface area contributed by atoms with E-state index >= 15 is 0 Å². The second kappa shape index (κ2) is 3.53. The maximum absolute atomic E-state index is 11.2. The van der Waals surface area contributed by atoms with Gasteiger partial charge in [0.25, 0.3) is 0 Å². The van der Waals surface area contributed by atoms with E-state index in [-0.39, 0.29) is 5.91 Å². The predicted octanol–water partition coefficient (Wildman–Crippen LogP) is 1.46. The second-order valence-electron chi connectivity index (χ2n) is 2.18. The van der Waals surface area contributed by atoms with Crippen molar-refractivity contribution in [1.29, 1.82) is 0 Å². The molecule has 11 heavy (non-hydrogen) atoms. The normalized spacial score (nSPS) is 10.0. The van der Waals surface area contributed by atoms with E-state index in [0.29, 0.717) is 18.1 Å². The van der Waals surface area contributed by atoms with Gasteiger partial charge >= 0.3 is 0 Å². The molecular weight excluding hydrogens is 164 g/mol. The van der Waals surface area contributed by atoms with Crippen molar-refractivity contribution in [3.63, 3.8) is 0 Å². The molecule has 0 amide bonds. The minimum atomic E-state index is -0.00463. The summed E-state index contributed by atoms with van der Waals surface area (Å²) in [6.45, 7) is 1.78. The van der Waals surface area contributed by atoms with Crippen LogP contribution in [0.15, 0.2) is 12.4 Å². The average Bonchev–Trinajstić information content (AvgIpc) is 2.36. The summed E-state index contributed by atoms with van der Waals surface area (Å²) in [6.07, 6.45) is 3.60. The van der Waals surface area contributed by atoms with Crippen LogP contribution in [0.25, 0.3) is 0 Å². The quantitative estimate of drug-likeness (QED) is 0.634. The van der Waals surface area contributed by atoms with E-state index in [9.17, 15) is 4.79 Å². The van der Waals surface area contributed by atoms with Gasteiger partial charge in [-0.3, -0.25) is 9.36 Å². The second-order valence-corrected chi connectivity index (χ2v) is 2.56. The molecule has 4 heteroatoms. The molecule has 3 nitrogen and oxygen atoms in total. The Kier molecular flexibility index (Phi) is 2.65. The van der Waals surface area contributed by atoms with Crippen LogP contribution in [0.4, 0.5) is 0 Å². The first-order valence-corrected chi connectivity index (χ1v) is 3.88. The van der Waals surface area contributed by atoms with E-state index < -0.39 is 0 Å². The molecule has 60 valence electrons. The fourth-order valence-electron chi connectivity index (χ4n) is 0.843. The van der Waals surface area contributed by atoms with Gasteiger partial charge in [0, 0.05) is 24.7 Å². The van der Waals surface area contributed by atoms with Gasteiger partial charge in [-0.25, -0.2) is 4.98 Å². The highest BCUT2D eigenvalue weighted by molar-refractivity contribution is 6.19. The molecule has 1 aromatic heterocycles. The molecule has 0 atom stereocenters. The SMILES string of the molecule is Cc1nccn1C(=O)CCCl. The van der Waals surface area contributed by atoms with Crippen LogP contribution in [-0.2, 0) is 0 Å². The minimum absolute atomic E-state index is 0.00463. The van der Waals surface area contributed by atoms with Crippen molar-refractivity contribution in [3.05, 3.63) is 18.2 Å². The van der Waals surface area contributed by atoms with Crippen LogP contribution in [0.3, 0.4) is 0 Å². The predicted molar refractivity (Wildman–Crippen MR) is 42.9 cm³/mol. The van der Waals surface area contributed by atoms with Crippen molar-refractivity contribution in [1.82, 2.24) is 9.55 Å². The topological polar surface area (TPSA) is 34.9 Å². The minimum Gasteiger partial charge on any atom is -0.274 e. The summed E-state index contributed by atoms with van der Waals surface area (Å²) in [5.74, 6) is 1.06. The van der Waals surface area contributed by atoms with Gasteiger partial charge in [0.2, 0.25) is 5.91 Å². The van der Waals surface area contributed by atoms with E-state index in [4.69, 9.17) is 11.6 Å². The summed E-state index contributed by atoms with van der Waals surface area (Å²) in [7, 11) is 0. The number of hydrogen-bond acceptors (Lipinski definition) is 2. The first kappa shape index (κ1) is 8.27. The number of carbonyl (C=O) groups excluding carboxylic acids is 1. The Morgan fingerprint density at radius 2 is 2.55 bits per heavy atom. The molecule has 0 saturated heterocycles. The number of aromatic nitrogens is 2. The molecule has 1 aromatic rings. The average molecular weight is 173 g/mol. The van der Waals surface area contributed by atoms with E-state index in [1.54, 1.807) is 19.3 Å². The van der Waals surface area contributed by atoms with Crippen molar-refractivity contribution in [2.45, 2.75) is 13.3 Å². The number of nitrogens with zero attached hydrogens (tertiary/aromatic N) is 2. The van der Waals surface area contributed by atoms with Crippen LogP contribution >= 0.6 is 11.6 Å². The smallest absolute Gasteiger partial charge is 0.233 e. The van der Waals surface area contributed by atoms with Gasteiger partial charge in [-0.15, -0.1) is 11.6 Å². The van der Waals surface area contributed by atoms with Crippen LogP contribution in [-0.4, -0.2) is 21.3 Å². The first-order valence-electron chi connectivity index (χ1n) is 3.35. The Morgan fingerprint density at radius 3 is 3.00 bits per heavy atom. The lowest BCUT2D eigenvalue weighted by Crippen LogP contribution is -2.11. The van der Waals surface area contributed by atoms with Gasteiger partial charge in [-0.1, -0.05) is 0 Å². The maximum atomic E-state index is 11.2. The highest BCUT2D eigenvalue weighted by atomic mass is 35.5. The van der Waals surface area contributed by atoms with Crippen molar-refractivity contribution >= 4 is 17.5 Å². The third-order valence-electron chi connectivity index (χ3n) is 1.40. The third-order valence-corrected chi connectivity index (χ3v) is 1.59. The highest BCUT2D eigenvalue weighted by Crippen LogP contribution is 1.98. The molecule has 0 bridgehead atoms. The summed E-state index contributed by atoms with van der Waals surface area (Å²) in [4.78, 5) is 15.1. The van der Waals surface area contributed by atoms with Gasteiger partial charge < -0.3 is 0 Å². The molecule has 0 saturated carbocycles. The van der Waals surface area contributed by atoms with Crippen LogP contribution in [0.5, 0.6) is 0 Å². The molecule has 1 rings (SSSR count). The van der Waals surface area contributed by atoms with Crippen LogP contribution in [0.2, 0.25) is 0 Å². The largest absolute Gasteiger partial charge is 0.274 e. The van der Waals surface area contributed by atoms with E-state index in [0.717, 1.165) is 0 Å². The Labute approximate surface area is 70.0 Å². The monoisotopic (exact) mass is 172 g/mol. The molecule has 0 aliphatic rings. The van der Waals surface area contributed by atoms with Crippen LogP contribution < -0.4 is 0 Å². The fraction of sp³-hybridized carbons (Fsp3) is 0.429. The molecule has 0 aromatic carbocycles. The van der Waals surface area contributed by atoms with Crippen molar-refractivity contribution < 1.29 is 4.79 Å². The fourth-order valence-corrected chi connectivity index (χ4v) is 1.00. The summed E-state index contributed by atoms with van der Waals surface area (Å²) in [5.41, 5.74) is 0. The number of aryl methyl sites for hydroxylation is 1. The molecule has 0 radical (unpaired) electrons. The zero-order chi connectivity index (χ0) is 8.27. The summed E-state index contributed by atoms with van der Waals surface area (Å²) >= 11 is 5.41. The summed E-state index contributed by atoms with van der Waals surface area (Å²) in [6, 6.07) is 0. The van der Waals surface area contributed by atoms with Gasteiger partial charge in [0.05, 0.1) is 0 Å². The number of rotatable bonds is 2. The number of imidazole rings is 1. The van der Waals surface area contributed by atoms with Gasteiger partial charge in [-0.05, 0) is 6.92 Å². The molecule has 1 heterocycles. The number of hydrogen-bond donors (Lipinski definition) is 0. The molecule has 0 spiro atoms. The molecule has 0 aliphatic carbocycles. The highest BCUT2D eigenvalue weighted by Gasteiger charge is 2.05. The van der Waals surface area contributed by atoms with E-state index in [1.807, 2.05) is 0 Å². The van der Waals surface area contributed by atoms with Gasteiger partial charge in [0.1, 0.15) is 5.82 Å². The zero-order valence-corrected chi connectivity index (χ0v) is 7.01. The number of halogens is 1. The maximum Gasteiger partial charge on any atom is 0.233 e. The lowest BCUT2D eigenvalue weighted by molar-refractivity contribution is 0.0907. The van der Waals surface area contributed by atoms with Crippen LogP contribution in [0.1, 0.15) is 17.0 Å². The standard InChI is InChI=1S/C7H9ClN2O/c1-6-9-4-5-10(6)7(11)2-3-8/h4-5H,2-3H2,1H3. The molecule has 0 fully saturated rings. The third kappa shape index (κ3) is 1.80. The molecule has 0 aliphatic heterocycles. The van der Waals surface area contributed by atoms with Crippen LogP contribution in [0, 0.1) is 6.92 Å². The number of alkyl halides is 1. The van der Waals surface area contributed by atoms with Crippen molar-refractivity contribution in [2.75, 3.05) is 5.88 Å². The zero-order valence-electron chi connectivity index (χ0n) is 6.25. The van der Waals surface area contributed by atoms with E-state index in [1.165, 1.54) is 4.57 Å². The van der Waals surface area contributed by atoms with Crippen molar-refractivity contribution in [3.8, 4) is 0 Å². The summed E-state index contributed by atoms with van der Waals surface area (Å²) < 4.78 is 1.50. The Bertz CT molecular complexity index is 257. The van der Waals surface area contributed by atoms with Gasteiger partial charge in [0.15, 0.2) is 0 Å². The lowest BCUT2D eigenvalue weighted by atomic mass is 10.4. The lowest BCUT2D eigenvalue weighted by Gasteiger charge is -1.99. The number of carbonyl (C=O) groups is 1. The Hall–Kier alpha value is -0.830.